The maximum atomic E-state index is 4.40. The van der Waals surface area contributed by atoms with E-state index < -0.39 is 0 Å². The molecule has 0 saturated carbocycles. The molecule has 1 aliphatic rings. The number of anilines is 2. The van der Waals surface area contributed by atoms with Crippen molar-refractivity contribution in [3.63, 3.8) is 0 Å². The number of nitrogens with one attached hydrogen (secondary N) is 1. The van der Waals surface area contributed by atoms with Crippen molar-refractivity contribution >= 4 is 11.6 Å². The molecule has 0 amide bonds. The Labute approximate surface area is 116 Å². The first kappa shape index (κ1) is 14.1. The van der Waals surface area contributed by atoms with Crippen molar-refractivity contribution in [2.45, 2.75) is 33.2 Å². The van der Waals surface area contributed by atoms with Crippen LogP contribution in [0.3, 0.4) is 0 Å². The maximum absolute atomic E-state index is 4.40. The first-order valence-electron chi connectivity index (χ1n) is 7.05. The number of rotatable bonds is 3. The van der Waals surface area contributed by atoms with Gasteiger partial charge in [0.1, 0.15) is 18.0 Å². The largest absolute Gasteiger partial charge is 0.365 e. The number of hydrogen-bond acceptors (Lipinski definition) is 5. The molecule has 0 aromatic carbocycles. The van der Waals surface area contributed by atoms with Gasteiger partial charge < -0.3 is 15.1 Å². The quantitative estimate of drug-likeness (QED) is 0.901. The minimum Gasteiger partial charge on any atom is -0.365 e. The summed E-state index contributed by atoms with van der Waals surface area (Å²) >= 11 is 0. The van der Waals surface area contributed by atoms with Gasteiger partial charge in [-0.05, 0) is 27.3 Å². The summed E-state index contributed by atoms with van der Waals surface area (Å²) in [5.41, 5.74) is 0.0204. The molecule has 1 fully saturated rings. The van der Waals surface area contributed by atoms with E-state index in [0.717, 1.165) is 44.4 Å². The second kappa shape index (κ2) is 5.74. The molecule has 19 heavy (non-hydrogen) atoms. The fraction of sp³-hybridized carbons (Fsp3) is 0.714. The van der Waals surface area contributed by atoms with Gasteiger partial charge in [-0.2, -0.15) is 0 Å². The van der Waals surface area contributed by atoms with E-state index in [1.165, 1.54) is 0 Å². The molecule has 1 aliphatic heterocycles. The van der Waals surface area contributed by atoms with Gasteiger partial charge in [0, 0.05) is 37.8 Å². The Hall–Kier alpha value is -1.36. The van der Waals surface area contributed by atoms with Crippen molar-refractivity contribution in [3.8, 4) is 0 Å². The summed E-state index contributed by atoms with van der Waals surface area (Å²) in [5.74, 6) is 1.92. The molecule has 0 radical (unpaired) electrons. The summed E-state index contributed by atoms with van der Waals surface area (Å²) in [5, 5.41) is 3.39. The van der Waals surface area contributed by atoms with Gasteiger partial charge in [0.2, 0.25) is 0 Å². The van der Waals surface area contributed by atoms with Crippen molar-refractivity contribution in [1.29, 1.82) is 0 Å². The van der Waals surface area contributed by atoms with E-state index in [1.807, 2.05) is 6.07 Å². The highest BCUT2D eigenvalue weighted by atomic mass is 15.3. The van der Waals surface area contributed by atoms with Crippen molar-refractivity contribution < 1.29 is 0 Å². The lowest BCUT2D eigenvalue weighted by atomic mass is 10.1. The predicted octanol–water partition coefficient (Wildman–Crippen LogP) is 1.83. The molecule has 0 bridgehead atoms. The van der Waals surface area contributed by atoms with Crippen molar-refractivity contribution in [3.05, 3.63) is 12.4 Å². The van der Waals surface area contributed by atoms with Gasteiger partial charge in [-0.1, -0.05) is 6.92 Å². The van der Waals surface area contributed by atoms with Gasteiger partial charge in [0.25, 0.3) is 0 Å². The molecule has 0 atom stereocenters. The van der Waals surface area contributed by atoms with Gasteiger partial charge in [-0.3, -0.25) is 0 Å². The van der Waals surface area contributed by atoms with Crippen LogP contribution in [0.2, 0.25) is 0 Å². The fourth-order valence-corrected chi connectivity index (χ4v) is 2.27. The first-order chi connectivity index (χ1) is 8.98. The zero-order chi connectivity index (χ0) is 13.9. The summed E-state index contributed by atoms with van der Waals surface area (Å²) in [6.45, 7) is 14.1. The normalized spacial score (nSPS) is 17.6. The van der Waals surface area contributed by atoms with E-state index in [0.29, 0.717) is 0 Å². The monoisotopic (exact) mass is 263 g/mol. The molecule has 2 rings (SSSR count). The molecule has 1 aromatic rings. The molecule has 0 aliphatic carbocycles. The fourth-order valence-electron chi connectivity index (χ4n) is 2.27. The van der Waals surface area contributed by atoms with Crippen LogP contribution in [0.5, 0.6) is 0 Å². The maximum Gasteiger partial charge on any atom is 0.134 e. The Morgan fingerprint density at radius 1 is 1.16 bits per heavy atom. The topological polar surface area (TPSA) is 44.3 Å². The zero-order valence-electron chi connectivity index (χ0n) is 12.5. The third-order valence-electron chi connectivity index (χ3n) is 3.30. The zero-order valence-corrected chi connectivity index (χ0v) is 12.5. The van der Waals surface area contributed by atoms with Crippen molar-refractivity contribution in [2.75, 3.05) is 42.9 Å². The van der Waals surface area contributed by atoms with E-state index in [9.17, 15) is 0 Å². The smallest absolute Gasteiger partial charge is 0.134 e. The van der Waals surface area contributed by atoms with E-state index in [1.54, 1.807) is 6.33 Å². The highest BCUT2D eigenvalue weighted by Crippen LogP contribution is 2.18. The van der Waals surface area contributed by atoms with Crippen LogP contribution < -0.4 is 10.2 Å². The van der Waals surface area contributed by atoms with Crippen LogP contribution in [-0.2, 0) is 0 Å². The van der Waals surface area contributed by atoms with Crippen molar-refractivity contribution in [2.24, 2.45) is 0 Å². The Bertz CT molecular complexity index is 405. The second-order valence-corrected chi connectivity index (χ2v) is 6.06. The Morgan fingerprint density at radius 2 is 1.84 bits per heavy atom. The van der Waals surface area contributed by atoms with Crippen LogP contribution in [0.25, 0.3) is 0 Å². The van der Waals surface area contributed by atoms with Gasteiger partial charge in [0.15, 0.2) is 0 Å². The summed E-state index contributed by atoms with van der Waals surface area (Å²) in [7, 11) is 0. The molecule has 2 heterocycles. The average molecular weight is 263 g/mol. The molecule has 1 saturated heterocycles. The summed E-state index contributed by atoms with van der Waals surface area (Å²) in [4.78, 5) is 13.5. The number of piperazine rings is 1. The SMILES string of the molecule is CCN1CCN(c2cc(NC(C)(C)C)ncn2)CC1. The van der Waals surface area contributed by atoms with Crippen LogP contribution >= 0.6 is 0 Å². The number of nitrogens with zero attached hydrogens (tertiary/aromatic N) is 4. The van der Waals surface area contributed by atoms with Crippen LogP contribution in [0, 0.1) is 0 Å². The predicted molar refractivity (Wildman–Crippen MR) is 79.7 cm³/mol. The molecule has 106 valence electrons. The van der Waals surface area contributed by atoms with Gasteiger partial charge in [-0.25, -0.2) is 9.97 Å². The molecule has 5 heteroatoms. The number of likely N-dealkylation sites (N-methyl/N-ethyl adjacent to an activating group) is 1. The lowest BCUT2D eigenvalue weighted by molar-refractivity contribution is 0.270. The van der Waals surface area contributed by atoms with Crippen LogP contribution in [0.15, 0.2) is 12.4 Å². The molecule has 1 N–H and O–H groups in total. The lowest BCUT2D eigenvalue weighted by Crippen LogP contribution is -2.46. The highest BCUT2D eigenvalue weighted by molar-refractivity contribution is 5.49. The van der Waals surface area contributed by atoms with Gasteiger partial charge >= 0.3 is 0 Å². The number of aromatic nitrogens is 2. The third-order valence-corrected chi connectivity index (χ3v) is 3.30. The Balaban J connectivity index is 2.03. The second-order valence-electron chi connectivity index (χ2n) is 6.06. The van der Waals surface area contributed by atoms with E-state index in [2.05, 4.69) is 52.8 Å². The third kappa shape index (κ3) is 4.06. The van der Waals surface area contributed by atoms with Crippen LogP contribution in [0.4, 0.5) is 11.6 Å². The molecule has 0 unspecified atom stereocenters. The molecular formula is C14H25N5. The molecule has 5 nitrogen and oxygen atoms in total. The summed E-state index contributed by atoms with van der Waals surface area (Å²) in [6.07, 6.45) is 1.65. The minimum atomic E-state index is 0.0204. The Morgan fingerprint density at radius 3 is 2.42 bits per heavy atom. The minimum absolute atomic E-state index is 0.0204. The average Bonchev–Trinajstić information content (AvgIpc) is 2.37. The van der Waals surface area contributed by atoms with E-state index in [-0.39, 0.29) is 5.54 Å². The van der Waals surface area contributed by atoms with E-state index >= 15 is 0 Å². The highest BCUT2D eigenvalue weighted by Gasteiger charge is 2.18. The van der Waals surface area contributed by atoms with Crippen molar-refractivity contribution in [1.82, 2.24) is 14.9 Å². The van der Waals surface area contributed by atoms with E-state index in [4.69, 9.17) is 0 Å². The summed E-state index contributed by atoms with van der Waals surface area (Å²) < 4.78 is 0. The van der Waals surface area contributed by atoms with Crippen LogP contribution in [-0.4, -0.2) is 53.1 Å². The summed E-state index contributed by atoms with van der Waals surface area (Å²) in [6, 6.07) is 2.05. The lowest BCUT2D eigenvalue weighted by Gasteiger charge is -2.34. The number of hydrogen-bond donors (Lipinski definition) is 1. The molecular weight excluding hydrogens is 238 g/mol. The van der Waals surface area contributed by atoms with Gasteiger partial charge in [0.05, 0.1) is 0 Å². The Kier molecular flexibility index (Phi) is 4.24. The molecule has 0 spiro atoms. The van der Waals surface area contributed by atoms with Gasteiger partial charge in [-0.15, -0.1) is 0 Å². The molecule has 1 aromatic heterocycles. The first-order valence-corrected chi connectivity index (χ1v) is 7.05. The standard InChI is InChI=1S/C14H25N5/c1-5-18-6-8-19(9-7-18)13-10-12(15-11-16-13)17-14(2,3)4/h10-11H,5-9H2,1-4H3,(H,15,16,17). The van der Waals surface area contributed by atoms with Crippen LogP contribution in [0.1, 0.15) is 27.7 Å².